The first kappa shape index (κ1) is 23.6. The number of nitrogens with one attached hydrogen (secondary N) is 2. The number of nitrogens with zero attached hydrogens (tertiary/aromatic N) is 3. The first-order valence-corrected chi connectivity index (χ1v) is 13.2. The van der Waals surface area contributed by atoms with Crippen molar-refractivity contribution in [3.63, 3.8) is 0 Å². The van der Waals surface area contributed by atoms with E-state index in [4.69, 9.17) is 26.1 Å². The third kappa shape index (κ3) is 5.93. The minimum atomic E-state index is 0.494. The number of ether oxygens (including phenoxy) is 2. The Morgan fingerprint density at radius 3 is 2.47 bits per heavy atom. The predicted molar refractivity (Wildman–Crippen MR) is 138 cm³/mol. The lowest BCUT2D eigenvalue weighted by atomic mass is 9.95. The molecule has 34 heavy (non-hydrogen) atoms. The summed E-state index contributed by atoms with van der Waals surface area (Å²) in [6.07, 6.45) is 12.2. The first-order chi connectivity index (χ1) is 16.8. The fraction of sp³-hybridized carbons (Fsp3) is 0.615. The summed E-state index contributed by atoms with van der Waals surface area (Å²) in [5, 5.41) is 7.98. The van der Waals surface area contributed by atoms with Gasteiger partial charge in [-0.2, -0.15) is 0 Å². The molecule has 0 amide bonds. The average molecular weight is 486 g/mol. The quantitative estimate of drug-likeness (QED) is 0.557. The smallest absolute Gasteiger partial charge is 0.152 e. The molecule has 1 aliphatic carbocycles. The van der Waals surface area contributed by atoms with Crippen molar-refractivity contribution in [1.29, 1.82) is 0 Å². The third-order valence-electron chi connectivity index (χ3n) is 7.22. The van der Waals surface area contributed by atoms with Crippen molar-refractivity contribution in [2.24, 2.45) is 5.92 Å². The summed E-state index contributed by atoms with van der Waals surface area (Å²) < 4.78 is 11.1. The Hall–Kier alpha value is -2.09. The highest BCUT2D eigenvalue weighted by Crippen LogP contribution is 2.35. The van der Waals surface area contributed by atoms with Gasteiger partial charge in [0.05, 0.1) is 23.9 Å². The highest BCUT2D eigenvalue weighted by Gasteiger charge is 2.20. The van der Waals surface area contributed by atoms with Crippen LogP contribution >= 0.6 is 11.6 Å². The van der Waals surface area contributed by atoms with E-state index in [1.54, 1.807) is 6.20 Å². The summed E-state index contributed by atoms with van der Waals surface area (Å²) in [6.45, 7) is 5.79. The molecule has 5 rings (SSSR count). The summed E-state index contributed by atoms with van der Waals surface area (Å²) in [6, 6.07) is 4.77. The Bertz CT molecular complexity index is 941. The maximum absolute atomic E-state index is 6.63. The molecule has 0 unspecified atom stereocenters. The van der Waals surface area contributed by atoms with Crippen molar-refractivity contribution in [3.05, 3.63) is 29.5 Å². The number of hydrogen-bond acceptors (Lipinski definition) is 7. The van der Waals surface area contributed by atoms with Gasteiger partial charge in [-0.15, -0.1) is 0 Å². The van der Waals surface area contributed by atoms with Crippen LogP contribution in [0.4, 0.5) is 17.3 Å². The highest BCUT2D eigenvalue weighted by molar-refractivity contribution is 6.33. The highest BCUT2D eigenvalue weighted by atomic mass is 35.5. The Morgan fingerprint density at radius 1 is 0.912 bits per heavy atom. The van der Waals surface area contributed by atoms with Gasteiger partial charge in [-0.3, -0.25) is 0 Å². The zero-order valence-corrected chi connectivity index (χ0v) is 20.7. The van der Waals surface area contributed by atoms with Crippen LogP contribution < -0.4 is 15.5 Å². The van der Waals surface area contributed by atoms with E-state index in [0.29, 0.717) is 17.0 Å². The van der Waals surface area contributed by atoms with Gasteiger partial charge in [0.25, 0.3) is 0 Å². The molecule has 0 bridgehead atoms. The Labute approximate surface area is 207 Å². The van der Waals surface area contributed by atoms with E-state index in [1.165, 1.54) is 32.1 Å². The number of anilines is 3. The molecule has 4 heterocycles. The molecule has 0 spiro atoms. The first-order valence-electron chi connectivity index (χ1n) is 12.8. The van der Waals surface area contributed by atoms with Gasteiger partial charge in [-0.05, 0) is 43.7 Å². The summed E-state index contributed by atoms with van der Waals surface area (Å²) in [7, 11) is 0. The molecule has 0 aromatic carbocycles. The van der Waals surface area contributed by atoms with Gasteiger partial charge in [-0.25, -0.2) is 9.97 Å². The van der Waals surface area contributed by atoms with Crippen LogP contribution in [0.2, 0.25) is 5.02 Å². The molecule has 3 fully saturated rings. The lowest BCUT2D eigenvalue weighted by molar-refractivity contribution is 0.0699. The summed E-state index contributed by atoms with van der Waals surface area (Å²) in [5.74, 6) is 2.50. The maximum Gasteiger partial charge on any atom is 0.152 e. The molecule has 0 radical (unpaired) electrons. The van der Waals surface area contributed by atoms with E-state index in [1.807, 2.05) is 6.20 Å². The lowest BCUT2D eigenvalue weighted by Gasteiger charge is -2.30. The molecular formula is C26H36ClN5O2. The molecule has 184 valence electrons. The molecule has 2 aromatic heterocycles. The van der Waals surface area contributed by atoms with Crippen LogP contribution in [0.5, 0.6) is 0 Å². The van der Waals surface area contributed by atoms with E-state index < -0.39 is 0 Å². The summed E-state index contributed by atoms with van der Waals surface area (Å²) in [5.41, 5.74) is 3.02. The van der Waals surface area contributed by atoms with Gasteiger partial charge in [0, 0.05) is 62.4 Å². The standard InChI is InChI=1S/C26H36ClN5O2/c27-23-18-29-25(31-21-4-2-1-3-5-21)15-22(23)20-14-24(28-16-19-6-10-33-11-7-19)26(30-17-20)32-8-12-34-13-9-32/h14-15,17-19,21,28H,1-13,16H2,(H,29,31). The number of hydrogen-bond donors (Lipinski definition) is 2. The van der Waals surface area contributed by atoms with Crippen LogP contribution in [0, 0.1) is 5.92 Å². The van der Waals surface area contributed by atoms with Crippen LogP contribution in [0.15, 0.2) is 24.5 Å². The molecule has 8 heteroatoms. The van der Waals surface area contributed by atoms with Crippen LogP contribution in [0.1, 0.15) is 44.9 Å². The predicted octanol–water partition coefficient (Wildman–Crippen LogP) is 5.22. The Kier molecular flexibility index (Phi) is 8.04. The molecular weight excluding hydrogens is 450 g/mol. The van der Waals surface area contributed by atoms with Crippen molar-refractivity contribution in [2.45, 2.75) is 51.0 Å². The van der Waals surface area contributed by atoms with E-state index >= 15 is 0 Å². The average Bonchev–Trinajstić information content (AvgIpc) is 2.90. The van der Waals surface area contributed by atoms with Crippen molar-refractivity contribution in [2.75, 3.05) is 61.6 Å². The van der Waals surface area contributed by atoms with E-state index in [0.717, 1.165) is 87.4 Å². The number of halogens is 1. The van der Waals surface area contributed by atoms with Crippen LogP contribution in [-0.2, 0) is 9.47 Å². The van der Waals surface area contributed by atoms with Crippen LogP contribution in [-0.4, -0.2) is 62.1 Å². The minimum absolute atomic E-state index is 0.494. The van der Waals surface area contributed by atoms with Gasteiger partial charge >= 0.3 is 0 Å². The number of pyridine rings is 2. The van der Waals surface area contributed by atoms with Gasteiger partial charge in [-0.1, -0.05) is 30.9 Å². The third-order valence-corrected chi connectivity index (χ3v) is 7.52. The molecule has 2 aromatic rings. The largest absolute Gasteiger partial charge is 0.382 e. The second-order valence-electron chi connectivity index (χ2n) is 9.66. The van der Waals surface area contributed by atoms with Crippen LogP contribution in [0.25, 0.3) is 11.1 Å². The van der Waals surface area contributed by atoms with Gasteiger partial charge in [0.2, 0.25) is 0 Å². The second kappa shape index (κ2) is 11.6. The summed E-state index contributed by atoms with van der Waals surface area (Å²) in [4.78, 5) is 11.8. The SMILES string of the molecule is Clc1cnc(NC2CCCCC2)cc1-c1cnc(N2CCOCC2)c(NCC2CCOCC2)c1. The van der Waals surface area contributed by atoms with Crippen molar-refractivity contribution < 1.29 is 9.47 Å². The molecule has 2 aliphatic heterocycles. The van der Waals surface area contributed by atoms with Gasteiger partial charge in [0.1, 0.15) is 5.82 Å². The summed E-state index contributed by atoms with van der Waals surface area (Å²) >= 11 is 6.63. The lowest BCUT2D eigenvalue weighted by Crippen LogP contribution is -2.37. The normalized spacial score (nSPS) is 20.3. The Balaban J connectivity index is 1.39. The van der Waals surface area contributed by atoms with E-state index in [9.17, 15) is 0 Å². The second-order valence-corrected chi connectivity index (χ2v) is 10.1. The Morgan fingerprint density at radius 2 is 1.68 bits per heavy atom. The van der Waals surface area contributed by atoms with Gasteiger partial charge < -0.3 is 25.0 Å². The monoisotopic (exact) mass is 485 g/mol. The topological polar surface area (TPSA) is 71.5 Å². The number of aromatic nitrogens is 2. The van der Waals surface area contributed by atoms with E-state index in [-0.39, 0.29) is 0 Å². The van der Waals surface area contributed by atoms with Crippen molar-refractivity contribution >= 4 is 28.9 Å². The molecule has 2 N–H and O–H groups in total. The number of morpholine rings is 1. The van der Waals surface area contributed by atoms with Crippen molar-refractivity contribution in [1.82, 2.24) is 9.97 Å². The fourth-order valence-corrected chi connectivity index (χ4v) is 5.37. The molecule has 1 saturated carbocycles. The minimum Gasteiger partial charge on any atom is -0.382 e. The van der Waals surface area contributed by atoms with E-state index in [2.05, 4.69) is 32.7 Å². The van der Waals surface area contributed by atoms with Crippen molar-refractivity contribution in [3.8, 4) is 11.1 Å². The molecule has 3 aliphatic rings. The molecule has 0 atom stereocenters. The fourth-order valence-electron chi connectivity index (χ4n) is 5.16. The number of rotatable bonds is 7. The van der Waals surface area contributed by atoms with Crippen LogP contribution in [0.3, 0.4) is 0 Å². The molecule has 7 nitrogen and oxygen atoms in total. The zero-order chi connectivity index (χ0) is 23.2. The zero-order valence-electron chi connectivity index (χ0n) is 19.9. The molecule has 2 saturated heterocycles. The maximum atomic E-state index is 6.63. The van der Waals surface area contributed by atoms with Gasteiger partial charge in [0.15, 0.2) is 5.82 Å².